The quantitative estimate of drug-likeness (QED) is 0.762. The lowest BCUT2D eigenvalue weighted by atomic mass is 10.3. The highest BCUT2D eigenvalue weighted by atomic mass is 32.2. The van der Waals surface area contributed by atoms with Gasteiger partial charge in [-0.25, -0.2) is 17.6 Å². The summed E-state index contributed by atoms with van der Waals surface area (Å²) in [5, 5.41) is 4.78. The lowest BCUT2D eigenvalue weighted by molar-refractivity contribution is -0.121. The standard InChI is InChI=1S/C16H23FN4O4S/c1-12(2)18-16(23)19-15(22)11-20-6-8-21(9-7-20)26(24,25)14-5-3-4-13(17)10-14/h3-5,10,12H,6-9,11H2,1-2H3,(H2,18,19,22,23). The second-order valence-corrected chi connectivity index (χ2v) is 8.25. The molecule has 10 heteroatoms. The van der Waals surface area contributed by atoms with E-state index < -0.39 is 27.8 Å². The molecule has 0 bridgehead atoms. The van der Waals surface area contributed by atoms with Gasteiger partial charge in [-0.2, -0.15) is 4.31 Å². The van der Waals surface area contributed by atoms with E-state index in [-0.39, 0.29) is 30.6 Å². The molecule has 1 fully saturated rings. The number of nitrogens with zero attached hydrogens (tertiary/aromatic N) is 2. The minimum atomic E-state index is -3.77. The van der Waals surface area contributed by atoms with Crippen LogP contribution in [0.1, 0.15) is 13.8 Å². The number of imide groups is 1. The summed E-state index contributed by atoms with van der Waals surface area (Å²) in [4.78, 5) is 25.0. The summed E-state index contributed by atoms with van der Waals surface area (Å²) in [6.07, 6.45) is 0. The van der Waals surface area contributed by atoms with Crippen LogP contribution in [0.4, 0.5) is 9.18 Å². The van der Waals surface area contributed by atoms with Crippen molar-refractivity contribution < 1.29 is 22.4 Å². The number of nitrogens with one attached hydrogen (secondary N) is 2. The van der Waals surface area contributed by atoms with E-state index in [0.29, 0.717) is 13.1 Å². The van der Waals surface area contributed by atoms with E-state index in [0.717, 1.165) is 6.07 Å². The number of benzene rings is 1. The number of hydrogen-bond donors (Lipinski definition) is 2. The molecule has 0 aliphatic carbocycles. The Balaban J connectivity index is 1.87. The Morgan fingerprint density at radius 3 is 2.42 bits per heavy atom. The molecule has 1 saturated heterocycles. The fourth-order valence-corrected chi connectivity index (χ4v) is 4.03. The van der Waals surface area contributed by atoms with E-state index in [9.17, 15) is 22.4 Å². The van der Waals surface area contributed by atoms with Gasteiger partial charge in [0.25, 0.3) is 0 Å². The van der Waals surface area contributed by atoms with Crippen LogP contribution in [0.25, 0.3) is 0 Å². The van der Waals surface area contributed by atoms with E-state index in [1.54, 1.807) is 18.7 Å². The summed E-state index contributed by atoms with van der Waals surface area (Å²) < 4.78 is 39.6. The van der Waals surface area contributed by atoms with Gasteiger partial charge in [0.1, 0.15) is 5.82 Å². The van der Waals surface area contributed by atoms with Crippen molar-refractivity contribution in [1.82, 2.24) is 19.8 Å². The smallest absolute Gasteiger partial charge is 0.321 e. The van der Waals surface area contributed by atoms with Crippen LogP contribution < -0.4 is 10.6 Å². The summed E-state index contributed by atoms with van der Waals surface area (Å²) in [6, 6.07) is 4.24. The van der Waals surface area contributed by atoms with Gasteiger partial charge < -0.3 is 5.32 Å². The average molecular weight is 386 g/mol. The zero-order chi connectivity index (χ0) is 19.3. The lowest BCUT2D eigenvalue weighted by Crippen LogP contribution is -2.52. The van der Waals surface area contributed by atoms with Crippen molar-refractivity contribution >= 4 is 22.0 Å². The number of carbonyl (C=O) groups is 2. The van der Waals surface area contributed by atoms with E-state index in [2.05, 4.69) is 10.6 Å². The maximum atomic E-state index is 13.3. The highest BCUT2D eigenvalue weighted by molar-refractivity contribution is 7.89. The predicted molar refractivity (Wildman–Crippen MR) is 93.4 cm³/mol. The highest BCUT2D eigenvalue weighted by Gasteiger charge is 2.29. The van der Waals surface area contributed by atoms with Gasteiger partial charge in [0, 0.05) is 32.2 Å². The fraction of sp³-hybridized carbons (Fsp3) is 0.500. The summed E-state index contributed by atoms with van der Waals surface area (Å²) in [5.74, 6) is -1.06. The number of urea groups is 1. The fourth-order valence-electron chi connectivity index (χ4n) is 2.57. The Morgan fingerprint density at radius 2 is 1.85 bits per heavy atom. The number of amides is 3. The molecular weight excluding hydrogens is 363 g/mol. The first-order chi connectivity index (χ1) is 12.2. The average Bonchev–Trinajstić information content (AvgIpc) is 2.54. The second kappa shape index (κ2) is 8.56. The van der Waals surface area contributed by atoms with Crippen molar-refractivity contribution in [3.05, 3.63) is 30.1 Å². The van der Waals surface area contributed by atoms with Gasteiger partial charge in [0.15, 0.2) is 0 Å². The Labute approximate surface area is 152 Å². The van der Waals surface area contributed by atoms with Crippen molar-refractivity contribution in [2.75, 3.05) is 32.7 Å². The van der Waals surface area contributed by atoms with Gasteiger partial charge in [0.05, 0.1) is 11.4 Å². The molecule has 3 amide bonds. The molecular formula is C16H23FN4O4S. The zero-order valence-corrected chi connectivity index (χ0v) is 15.6. The molecule has 1 aliphatic heterocycles. The van der Waals surface area contributed by atoms with Gasteiger partial charge in [0.2, 0.25) is 15.9 Å². The van der Waals surface area contributed by atoms with Crippen LogP contribution >= 0.6 is 0 Å². The molecule has 1 aromatic rings. The number of hydrogen-bond acceptors (Lipinski definition) is 5. The van der Waals surface area contributed by atoms with Crippen molar-refractivity contribution in [3.63, 3.8) is 0 Å². The van der Waals surface area contributed by atoms with Gasteiger partial charge in [-0.05, 0) is 32.0 Å². The number of sulfonamides is 1. The molecule has 2 N–H and O–H groups in total. The third kappa shape index (κ3) is 5.48. The summed E-state index contributed by atoms with van der Waals surface area (Å²) in [6.45, 7) is 4.61. The van der Waals surface area contributed by atoms with E-state index in [4.69, 9.17) is 0 Å². The molecule has 0 atom stereocenters. The third-order valence-corrected chi connectivity index (χ3v) is 5.70. The molecule has 8 nitrogen and oxygen atoms in total. The Kier molecular flexibility index (Phi) is 6.68. The molecule has 0 unspecified atom stereocenters. The van der Waals surface area contributed by atoms with Crippen LogP contribution in [0.15, 0.2) is 29.2 Å². The van der Waals surface area contributed by atoms with Gasteiger partial charge in [-0.1, -0.05) is 6.07 Å². The first kappa shape index (κ1) is 20.3. The molecule has 26 heavy (non-hydrogen) atoms. The highest BCUT2D eigenvalue weighted by Crippen LogP contribution is 2.18. The molecule has 144 valence electrons. The van der Waals surface area contributed by atoms with Crippen molar-refractivity contribution in [2.24, 2.45) is 0 Å². The third-order valence-electron chi connectivity index (χ3n) is 3.81. The molecule has 1 heterocycles. The SMILES string of the molecule is CC(C)NC(=O)NC(=O)CN1CCN(S(=O)(=O)c2cccc(F)c2)CC1. The summed E-state index contributed by atoms with van der Waals surface area (Å²) in [7, 11) is -3.77. The number of rotatable bonds is 5. The Bertz CT molecular complexity index is 761. The largest absolute Gasteiger partial charge is 0.336 e. The molecule has 2 rings (SSSR count). The molecule has 0 spiro atoms. The monoisotopic (exact) mass is 386 g/mol. The number of halogens is 1. The molecule has 0 saturated carbocycles. The predicted octanol–water partition coefficient (Wildman–Crippen LogP) is 0.366. The van der Waals surface area contributed by atoms with Crippen molar-refractivity contribution in [1.29, 1.82) is 0 Å². The normalized spacial score (nSPS) is 16.5. The van der Waals surface area contributed by atoms with Crippen LogP contribution in [-0.4, -0.2) is 68.3 Å². The van der Waals surface area contributed by atoms with Crippen molar-refractivity contribution in [2.45, 2.75) is 24.8 Å². The summed E-state index contributed by atoms with van der Waals surface area (Å²) in [5.41, 5.74) is 0. The van der Waals surface area contributed by atoms with Crippen LogP contribution in [-0.2, 0) is 14.8 Å². The molecule has 1 aromatic carbocycles. The van der Waals surface area contributed by atoms with E-state index >= 15 is 0 Å². The second-order valence-electron chi connectivity index (χ2n) is 6.31. The number of piperazine rings is 1. The first-order valence-electron chi connectivity index (χ1n) is 8.27. The molecule has 1 aliphatic rings. The van der Waals surface area contributed by atoms with Crippen molar-refractivity contribution in [3.8, 4) is 0 Å². The Hall–Kier alpha value is -2.04. The molecule has 0 radical (unpaired) electrons. The topological polar surface area (TPSA) is 98.8 Å². The first-order valence-corrected chi connectivity index (χ1v) is 9.71. The minimum absolute atomic E-state index is 0.000627. The summed E-state index contributed by atoms with van der Waals surface area (Å²) >= 11 is 0. The van der Waals surface area contributed by atoms with Crippen LogP contribution in [0.2, 0.25) is 0 Å². The van der Waals surface area contributed by atoms with Crippen LogP contribution in [0, 0.1) is 5.82 Å². The van der Waals surface area contributed by atoms with Gasteiger partial charge in [-0.15, -0.1) is 0 Å². The lowest BCUT2D eigenvalue weighted by Gasteiger charge is -2.33. The van der Waals surface area contributed by atoms with Crippen LogP contribution in [0.5, 0.6) is 0 Å². The van der Waals surface area contributed by atoms with E-state index in [1.807, 2.05) is 0 Å². The molecule has 0 aromatic heterocycles. The van der Waals surface area contributed by atoms with Gasteiger partial charge >= 0.3 is 6.03 Å². The maximum Gasteiger partial charge on any atom is 0.321 e. The van der Waals surface area contributed by atoms with Gasteiger partial charge in [-0.3, -0.25) is 15.0 Å². The Morgan fingerprint density at radius 1 is 1.19 bits per heavy atom. The maximum absolute atomic E-state index is 13.3. The minimum Gasteiger partial charge on any atom is -0.336 e. The number of carbonyl (C=O) groups excluding carboxylic acids is 2. The van der Waals surface area contributed by atoms with Crippen LogP contribution in [0.3, 0.4) is 0 Å². The zero-order valence-electron chi connectivity index (χ0n) is 14.7. The van der Waals surface area contributed by atoms with E-state index in [1.165, 1.54) is 22.5 Å².